The highest BCUT2D eigenvalue weighted by Gasteiger charge is 2.08. The predicted molar refractivity (Wildman–Crippen MR) is 108 cm³/mol. The van der Waals surface area contributed by atoms with Crippen LogP contribution in [-0.2, 0) is 11.2 Å². The number of carbonyl (C=O) groups excluding carboxylic acids is 1. The van der Waals surface area contributed by atoms with Crippen LogP contribution in [0.3, 0.4) is 0 Å². The minimum atomic E-state index is 0.0174. The maximum atomic E-state index is 12.1. The Morgan fingerprint density at radius 2 is 1.84 bits per heavy atom. The van der Waals surface area contributed by atoms with Crippen LogP contribution in [0.4, 0.5) is 5.13 Å². The molecule has 2 aromatic carbocycles. The summed E-state index contributed by atoms with van der Waals surface area (Å²) in [6.07, 6.45) is 2.25. The average molecular weight is 415 g/mol. The number of benzene rings is 2. The standard InChI is InChI=1S/C20H19BrN2OS/c1-14-5-7-15(8-6-14)3-2-4-19(24)23-20-22-18(13-25-20)16-9-11-17(21)12-10-16/h5-13H,2-4H2,1H3,(H,22,23,24). The maximum absolute atomic E-state index is 12.1. The number of amides is 1. The van der Waals surface area contributed by atoms with Crippen LogP contribution in [-0.4, -0.2) is 10.9 Å². The minimum Gasteiger partial charge on any atom is -0.302 e. The first kappa shape index (κ1) is 17.8. The topological polar surface area (TPSA) is 42.0 Å². The fourth-order valence-electron chi connectivity index (χ4n) is 2.47. The van der Waals surface area contributed by atoms with E-state index in [0.717, 1.165) is 28.6 Å². The van der Waals surface area contributed by atoms with Gasteiger partial charge in [-0.25, -0.2) is 4.98 Å². The fraction of sp³-hybridized carbons (Fsp3) is 0.200. The third-order valence-electron chi connectivity index (χ3n) is 3.88. The van der Waals surface area contributed by atoms with Gasteiger partial charge in [0.25, 0.3) is 0 Å². The molecule has 0 saturated heterocycles. The van der Waals surface area contributed by atoms with Crippen molar-refractivity contribution in [2.75, 3.05) is 5.32 Å². The lowest BCUT2D eigenvalue weighted by Gasteiger charge is -2.03. The third-order valence-corrected chi connectivity index (χ3v) is 5.17. The molecule has 25 heavy (non-hydrogen) atoms. The first-order chi connectivity index (χ1) is 12.1. The molecular formula is C20H19BrN2OS. The summed E-state index contributed by atoms with van der Waals surface area (Å²) >= 11 is 4.88. The van der Waals surface area contributed by atoms with Crippen LogP contribution in [0.2, 0.25) is 0 Å². The fourth-order valence-corrected chi connectivity index (χ4v) is 3.47. The van der Waals surface area contributed by atoms with Gasteiger partial charge in [0.1, 0.15) is 0 Å². The number of nitrogens with zero attached hydrogens (tertiary/aromatic N) is 1. The number of aryl methyl sites for hydroxylation is 2. The van der Waals surface area contributed by atoms with Crippen LogP contribution < -0.4 is 5.32 Å². The predicted octanol–water partition coefficient (Wildman–Crippen LogP) is 5.84. The maximum Gasteiger partial charge on any atom is 0.226 e. The summed E-state index contributed by atoms with van der Waals surface area (Å²) in [5, 5.41) is 5.51. The monoisotopic (exact) mass is 414 g/mol. The number of carbonyl (C=O) groups is 1. The van der Waals surface area contributed by atoms with Gasteiger partial charge in [-0.05, 0) is 37.5 Å². The second-order valence-electron chi connectivity index (χ2n) is 5.93. The van der Waals surface area contributed by atoms with E-state index in [1.807, 2.05) is 29.6 Å². The second-order valence-corrected chi connectivity index (χ2v) is 7.71. The SMILES string of the molecule is Cc1ccc(CCCC(=O)Nc2nc(-c3ccc(Br)cc3)cs2)cc1. The Morgan fingerprint density at radius 3 is 2.56 bits per heavy atom. The van der Waals surface area contributed by atoms with E-state index in [2.05, 4.69) is 57.4 Å². The molecule has 0 atom stereocenters. The third kappa shape index (κ3) is 5.25. The molecule has 0 spiro atoms. The number of halogens is 1. The largest absolute Gasteiger partial charge is 0.302 e. The molecular weight excluding hydrogens is 396 g/mol. The van der Waals surface area contributed by atoms with Gasteiger partial charge in [-0.2, -0.15) is 0 Å². The van der Waals surface area contributed by atoms with Gasteiger partial charge in [-0.15, -0.1) is 11.3 Å². The van der Waals surface area contributed by atoms with Crippen molar-refractivity contribution in [2.24, 2.45) is 0 Å². The molecule has 0 bridgehead atoms. The molecule has 1 aromatic heterocycles. The van der Waals surface area contributed by atoms with Gasteiger partial charge >= 0.3 is 0 Å². The Hall–Kier alpha value is -1.98. The molecule has 5 heteroatoms. The lowest BCUT2D eigenvalue weighted by Crippen LogP contribution is -2.11. The summed E-state index contributed by atoms with van der Waals surface area (Å²) in [6.45, 7) is 2.08. The number of anilines is 1. The molecule has 1 amide bonds. The summed E-state index contributed by atoms with van der Waals surface area (Å²) in [5.74, 6) is 0.0174. The highest BCUT2D eigenvalue weighted by atomic mass is 79.9. The van der Waals surface area contributed by atoms with E-state index in [1.54, 1.807) is 0 Å². The molecule has 0 unspecified atom stereocenters. The molecule has 0 aliphatic rings. The quantitative estimate of drug-likeness (QED) is 0.549. The Morgan fingerprint density at radius 1 is 1.12 bits per heavy atom. The molecule has 3 nitrogen and oxygen atoms in total. The van der Waals surface area contributed by atoms with E-state index in [1.165, 1.54) is 22.5 Å². The van der Waals surface area contributed by atoms with Crippen molar-refractivity contribution in [3.63, 3.8) is 0 Å². The number of aromatic nitrogens is 1. The van der Waals surface area contributed by atoms with Gasteiger partial charge in [-0.1, -0.05) is 57.9 Å². The molecule has 0 fully saturated rings. The van der Waals surface area contributed by atoms with Gasteiger partial charge in [0.2, 0.25) is 5.91 Å². The highest BCUT2D eigenvalue weighted by Crippen LogP contribution is 2.26. The number of thiazole rings is 1. The van der Waals surface area contributed by atoms with Gasteiger partial charge in [0, 0.05) is 21.8 Å². The molecule has 3 aromatic rings. The number of hydrogen-bond donors (Lipinski definition) is 1. The van der Waals surface area contributed by atoms with Crippen LogP contribution >= 0.6 is 27.3 Å². The Kier molecular flexibility index (Phi) is 6.00. The van der Waals surface area contributed by atoms with E-state index < -0.39 is 0 Å². The van der Waals surface area contributed by atoms with Crippen molar-refractivity contribution >= 4 is 38.3 Å². The first-order valence-electron chi connectivity index (χ1n) is 8.17. The van der Waals surface area contributed by atoms with Gasteiger partial charge in [0.15, 0.2) is 5.13 Å². The van der Waals surface area contributed by atoms with Crippen LogP contribution in [0.1, 0.15) is 24.0 Å². The van der Waals surface area contributed by atoms with Gasteiger partial charge < -0.3 is 5.32 Å². The number of hydrogen-bond acceptors (Lipinski definition) is 3. The van der Waals surface area contributed by atoms with E-state index in [9.17, 15) is 4.79 Å². The summed E-state index contributed by atoms with van der Waals surface area (Å²) in [4.78, 5) is 16.6. The molecule has 1 N–H and O–H groups in total. The zero-order valence-corrected chi connectivity index (χ0v) is 16.4. The molecule has 128 valence electrons. The summed E-state index contributed by atoms with van der Waals surface area (Å²) in [6, 6.07) is 16.4. The normalized spacial score (nSPS) is 10.6. The van der Waals surface area contributed by atoms with Gasteiger partial charge in [-0.3, -0.25) is 4.79 Å². The van der Waals surface area contributed by atoms with Crippen molar-refractivity contribution in [1.29, 1.82) is 0 Å². The van der Waals surface area contributed by atoms with Crippen molar-refractivity contribution < 1.29 is 4.79 Å². The number of nitrogens with one attached hydrogen (secondary N) is 1. The van der Waals surface area contributed by atoms with Crippen molar-refractivity contribution in [3.8, 4) is 11.3 Å². The van der Waals surface area contributed by atoms with Crippen molar-refractivity contribution in [3.05, 3.63) is 69.5 Å². The highest BCUT2D eigenvalue weighted by molar-refractivity contribution is 9.10. The lowest BCUT2D eigenvalue weighted by atomic mass is 10.1. The van der Waals surface area contributed by atoms with E-state index in [4.69, 9.17) is 0 Å². The molecule has 0 aliphatic heterocycles. The minimum absolute atomic E-state index is 0.0174. The van der Waals surface area contributed by atoms with Gasteiger partial charge in [0.05, 0.1) is 5.69 Å². The Balaban J connectivity index is 1.49. The van der Waals surface area contributed by atoms with Crippen LogP contribution in [0.5, 0.6) is 0 Å². The van der Waals surface area contributed by atoms with E-state index in [-0.39, 0.29) is 5.91 Å². The zero-order valence-electron chi connectivity index (χ0n) is 14.0. The summed E-state index contributed by atoms with van der Waals surface area (Å²) < 4.78 is 1.04. The molecule has 0 saturated carbocycles. The average Bonchev–Trinajstić information content (AvgIpc) is 3.06. The van der Waals surface area contributed by atoms with Crippen molar-refractivity contribution in [1.82, 2.24) is 4.98 Å². The Bertz CT molecular complexity index is 841. The molecule has 0 aliphatic carbocycles. The number of rotatable bonds is 6. The molecule has 0 radical (unpaired) electrons. The van der Waals surface area contributed by atoms with Crippen molar-refractivity contribution in [2.45, 2.75) is 26.2 Å². The molecule has 3 rings (SSSR count). The van der Waals surface area contributed by atoms with Crippen LogP contribution in [0, 0.1) is 6.92 Å². The summed E-state index contributed by atoms with van der Waals surface area (Å²) in [5.41, 5.74) is 4.45. The Labute approximate surface area is 160 Å². The van der Waals surface area contributed by atoms with E-state index in [0.29, 0.717) is 11.6 Å². The van der Waals surface area contributed by atoms with Crippen LogP contribution in [0.25, 0.3) is 11.3 Å². The summed E-state index contributed by atoms with van der Waals surface area (Å²) in [7, 11) is 0. The smallest absolute Gasteiger partial charge is 0.226 e. The molecule has 1 heterocycles. The zero-order chi connectivity index (χ0) is 17.6. The van der Waals surface area contributed by atoms with Crippen LogP contribution in [0.15, 0.2) is 58.4 Å². The van der Waals surface area contributed by atoms with E-state index >= 15 is 0 Å². The first-order valence-corrected chi connectivity index (χ1v) is 9.84. The second kappa shape index (κ2) is 8.41. The lowest BCUT2D eigenvalue weighted by molar-refractivity contribution is -0.116.